The fourth-order valence-corrected chi connectivity index (χ4v) is 3.32. The zero-order chi connectivity index (χ0) is 14.7. The summed E-state index contributed by atoms with van der Waals surface area (Å²) in [5.41, 5.74) is 0.748. The first-order chi connectivity index (χ1) is 10.3. The van der Waals surface area contributed by atoms with Crippen molar-refractivity contribution in [3.05, 3.63) is 42.7 Å². The summed E-state index contributed by atoms with van der Waals surface area (Å²) in [5, 5.41) is 12.9. The second kappa shape index (κ2) is 5.71. The zero-order valence-corrected chi connectivity index (χ0v) is 12.3. The van der Waals surface area contributed by atoms with Crippen molar-refractivity contribution in [3.63, 3.8) is 0 Å². The Morgan fingerprint density at radius 3 is 2.95 bits per heavy atom. The van der Waals surface area contributed by atoms with Gasteiger partial charge in [-0.3, -0.25) is 5.32 Å². The smallest absolute Gasteiger partial charge is 0.140 e. The van der Waals surface area contributed by atoms with Crippen LogP contribution < -0.4 is 5.32 Å². The largest absolute Gasteiger partial charge is 0.328 e. The maximum atomic E-state index is 9.51. The molecule has 0 spiro atoms. The minimum Gasteiger partial charge on any atom is -0.328 e. The van der Waals surface area contributed by atoms with Gasteiger partial charge in [-0.15, -0.1) is 0 Å². The monoisotopic (exact) mass is 280 g/mol. The van der Waals surface area contributed by atoms with Crippen LogP contribution in [0.5, 0.6) is 0 Å². The molecule has 0 bridgehead atoms. The van der Waals surface area contributed by atoms with E-state index in [0.717, 1.165) is 37.2 Å². The van der Waals surface area contributed by atoms with E-state index in [0.29, 0.717) is 6.04 Å². The number of rotatable bonds is 4. The Kier molecular flexibility index (Phi) is 3.76. The summed E-state index contributed by atoms with van der Waals surface area (Å²) >= 11 is 0. The molecule has 0 amide bonds. The van der Waals surface area contributed by atoms with E-state index in [2.05, 4.69) is 40.0 Å². The molecule has 4 heteroatoms. The summed E-state index contributed by atoms with van der Waals surface area (Å²) in [5.74, 6) is 0.992. The molecular weight excluding hydrogens is 260 g/mol. The van der Waals surface area contributed by atoms with Crippen LogP contribution in [0.25, 0.3) is 11.4 Å². The van der Waals surface area contributed by atoms with E-state index in [1.54, 1.807) is 0 Å². The molecule has 2 unspecified atom stereocenters. The first-order valence-corrected chi connectivity index (χ1v) is 7.52. The fourth-order valence-electron chi connectivity index (χ4n) is 3.32. The first kappa shape index (κ1) is 13.8. The second-order valence-electron chi connectivity index (χ2n) is 5.65. The van der Waals surface area contributed by atoms with Crippen LogP contribution in [-0.4, -0.2) is 21.6 Å². The summed E-state index contributed by atoms with van der Waals surface area (Å²) in [4.78, 5) is 4.51. The van der Waals surface area contributed by atoms with Crippen LogP contribution in [-0.2, 0) is 0 Å². The van der Waals surface area contributed by atoms with Crippen LogP contribution in [0.15, 0.2) is 42.7 Å². The lowest BCUT2D eigenvalue weighted by Gasteiger charge is -2.22. The quantitative estimate of drug-likeness (QED) is 0.936. The lowest BCUT2D eigenvalue weighted by Crippen LogP contribution is -2.41. The predicted molar refractivity (Wildman–Crippen MR) is 82.6 cm³/mol. The minimum atomic E-state index is -0.377. The van der Waals surface area contributed by atoms with E-state index in [4.69, 9.17) is 0 Å². The van der Waals surface area contributed by atoms with Gasteiger partial charge in [0.25, 0.3) is 0 Å². The maximum absolute atomic E-state index is 9.51. The Balaban J connectivity index is 1.87. The Bertz CT molecular complexity index is 640. The average Bonchev–Trinajstić information content (AvgIpc) is 3.15. The summed E-state index contributed by atoms with van der Waals surface area (Å²) in [7, 11) is 0. The molecule has 1 aliphatic carbocycles. The molecule has 4 nitrogen and oxygen atoms in total. The van der Waals surface area contributed by atoms with Crippen molar-refractivity contribution < 1.29 is 0 Å². The number of hydrogen-bond acceptors (Lipinski definition) is 3. The number of nitriles is 1. The van der Waals surface area contributed by atoms with E-state index in [-0.39, 0.29) is 5.54 Å². The van der Waals surface area contributed by atoms with Crippen molar-refractivity contribution in [2.45, 2.75) is 37.8 Å². The van der Waals surface area contributed by atoms with Crippen molar-refractivity contribution >= 4 is 0 Å². The molecule has 1 aliphatic rings. The third-order valence-corrected chi connectivity index (χ3v) is 4.31. The number of benzene rings is 1. The fraction of sp³-hybridized carbons (Fsp3) is 0.412. The third kappa shape index (κ3) is 2.57. The van der Waals surface area contributed by atoms with Gasteiger partial charge in [0.05, 0.1) is 6.07 Å². The Morgan fingerprint density at radius 1 is 1.43 bits per heavy atom. The van der Waals surface area contributed by atoms with Gasteiger partial charge in [-0.2, -0.15) is 5.26 Å². The Morgan fingerprint density at radius 2 is 2.24 bits per heavy atom. The van der Waals surface area contributed by atoms with Crippen molar-refractivity contribution in [1.29, 1.82) is 5.26 Å². The highest BCUT2D eigenvalue weighted by atomic mass is 15.1. The third-order valence-electron chi connectivity index (χ3n) is 4.31. The van der Waals surface area contributed by atoms with Crippen molar-refractivity contribution in [2.75, 3.05) is 6.54 Å². The van der Waals surface area contributed by atoms with Crippen LogP contribution in [0, 0.1) is 11.3 Å². The topological polar surface area (TPSA) is 53.6 Å². The molecular formula is C17H20N4. The van der Waals surface area contributed by atoms with E-state index >= 15 is 0 Å². The van der Waals surface area contributed by atoms with Gasteiger partial charge in [0, 0.05) is 24.0 Å². The van der Waals surface area contributed by atoms with Gasteiger partial charge >= 0.3 is 0 Å². The molecule has 0 aliphatic heterocycles. The molecule has 1 aromatic carbocycles. The molecule has 2 aromatic rings. The molecule has 108 valence electrons. The van der Waals surface area contributed by atoms with Gasteiger partial charge in [-0.25, -0.2) is 4.98 Å². The molecule has 2 atom stereocenters. The lowest BCUT2D eigenvalue weighted by atomic mass is 9.99. The highest BCUT2D eigenvalue weighted by molar-refractivity contribution is 5.55. The summed E-state index contributed by atoms with van der Waals surface area (Å²) in [6, 6.07) is 13.0. The van der Waals surface area contributed by atoms with E-state index in [1.807, 2.05) is 30.6 Å². The molecule has 3 rings (SSSR count). The number of hydrogen-bond donors (Lipinski definition) is 1. The summed E-state index contributed by atoms with van der Waals surface area (Å²) < 4.78 is 2.23. The molecule has 21 heavy (non-hydrogen) atoms. The van der Waals surface area contributed by atoms with Crippen LogP contribution >= 0.6 is 0 Å². The molecule has 1 heterocycles. The van der Waals surface area contributed by atoms with Crippen LogP contribution in [0.4, 0.5) is 0 Å². The number of nitrogens with one attached hydrogen (secondary N) is 1. The van der Waals surface area contributed by atoms with E-state index < -0.39 is 0 Å². The van der Waals surface area contributed by atoms with Gasteiger partial charge < -0.3 is 4.57 Å². The maximum Gasteiger partial charge on any atom is 0.140 e. The van der Waals surface area contributed by atoms with E-state index in [9.17, 15) is 5.26 Å². The van der Waals surface area contributed by atoms with Gasteiger partial charge in [0.2, 0.25) is 0 Å². The number of nitrogens with zero attached hydrogens (tertiary/aromatic N) is 3. The van der Waals surface area contributed by atoms with Gasteiger partial charge in [0.15, 0.2) is 0 Å². The SMILES string of the molecule is CCNC1(C#N)CCC(n2ccnc2-c2ccccc2)C1. The zero-order valence-electron chi connectivity index (χ0n) is 12.3. The predicted octanol–water partition coefficient (Wildman–Crippen LogP) is 3.15. The van der Waals surface area contributed by atoms with Gasteiger partial charge in [-0.05, 0) is 25.8 Å². The van der Waals surface area contributed by atoms with Gasteiger partial charge in [0.1, 0.15) is 11.4 Å². The molecule has 0 saturated heterocycles. The number of imidazole rings is 1. The Labute approximate surface area is 125 Å². The van der Waals surface area contributed by atoms with Gasteiger partial charge in [-0.1, -0.05) is 37.3 Å². The summed E-state index contributed by atoms with van der Waals surface area (Å²) in [6.45, 7) is 2.88. The molecule has 1 fully saturated rings. The van der Waals surface area contributed by atoms with Crippen molar-refractivity contribution in [1.82, 2.24) is 14.9 Å². The summed E-state index contributed by atoms with van der Waals surface area (Å²) in [6.07, 6.45) is 6.63. The van der Waals surface area contributed by atoms with Crippen LogP contribution in [0.1, 0.15) is 32.2 Å². The molecule has 1 aromatic heterocycles. The van der Waals surface area contributed by atoms with Crippen LogP contribution in [0.2, 0.25) is 0 Å². The number of aromatic nitrogens is 2. The first-order valence-electron chi connectivity index (χ1n) is 7.52. The normalized spacial score (nSPS) is 24.9. The standard InChI is InChI=1S/C17H20N4/c1-2-20-17(13-18)9-8-15(12-17)21-11-10-19-16(21)14-6-4-3-5-7-14/h3-7,10-11,15,20H,2,8-9,12H2,1H3. The van der Waals surface area contributed by atoms with Crippen molar-refractivity contribution in [3.8, 4) is 17.5 Å². The highest BCUT2D eigenvalue weighted by Gasteiger charge is 2.40. The highest BCUT2D eigenvalue weighted by Crippen LogP contribution is 2.39. The molecule has 1 N–H and O–H groups in total. The minimum absolute atomic E-state index is 0.335. The average molecular weight is 280 g/mol. The second-order valence-corrected chi connectivity index (χ2v) is 5.65. The lowest BCUT2D eigenvalue weighted by molar-refractivity contribution is 0.410. The van der Waals surface area contributed by atoms with Crippen LogP contribution in [0.3, 0.4) is 0 Å². The van der Waals surface area contributed by atoms with Crippen molar-refractivity contribution in [2.24, 2.45) is 0 Å². The Hall–Kier alpha value is -2.12. The molecule has 0 radical (unpaired) electrons. The molecule has 1 saturated carbocycles. The van der Waals surface area contributed by atoms with E-state index in [1.165, 1.54) is 0 Å².